The Morgan fingerprint density at radius 2 is 1.56 bits per heavy atom. The van der Waals surface area contributed by atoms with Gasteiger partial charge in [0.1, 0.15) is 5.82 Å². The van der Waals surface area contributed by atoms with Gasteiger partial charge >= 0.3 is 0 Å². The fourth-order valence-electron chi connectivity index (χ4n) is 3.15. The van der Waals surface area contributed by atoms with Crippen molar-refractivity contribution < 1.29 is 4.79 Å². The number of nitrogens with zero attached hydrogens (tertiary/aromatic N) is 2. The van der Waals surface area contributed by atoms with Crippen LogP contribution >= 0.6 is 0 Å². The van der Waals surface area contributed by atoms with Crippen molar-refractivity contribution in [1.29, 1.82) is 0 Å². The molecule has 3 aromatic carbocycles. The summed E-state index contributed by atoms with van der Waals surface area (Å²) in [5.41, 5.74) is 2.72. The quantitative estimate of drug-likeness (QED) is 0.502. The number of aromatic nitrogens is 2. The van der Waals surface area contributed by atoms with E-state index < -0.39 is 0 Å². The number of benzene rings is 3. The second-order valence-electron chi connectivity index (χ2n) is 6.28. The van der Waals surface area contributed by atoms with E-state index in [1.165, 1.54) is 0 Å². The minimum Gasteiger partial charge on any atom is -0.294 e. The Kier molecular flexibility index (Phi) is 4.38. The standard InChI is InChI=1S/C23H18N2O2/c1-2-21(26)16-12-14-18(15-13-16)25-22(17-8-4-3-5-9-17)24-20-11-7-6-10-19(20)23(25)27/h3-15H,2H2,1H3. The molecular weight excluding hydrogens is 336 g/mol. The normalized spacial score (nSPS) is 10.9. The van der Waals surface area contributed by atoms with Crippen LogP contribution in [0.5, 0.6) is 0 Å². The number of hydrogen-bond acceptors (Lipinski definition) is 3. The highest BCUT2D eigenvalue weighted by molar-refractivity contribution is 5.96. The monoisotopic (exact) mass is 354 g/mol. The Labute approximate surface area is 156 Å². The zero-order valence-electron chi connectivity index (χ0n) is 14.9. The average Bonchev–Trinajstić information content (AvgIpc) is 2.74. The van der Waals surface area contributed by atoms with Crippen molar-refractivity contribution in [1.82, 2.24) is 9.55 Å². The number of fused-ring (bicyclic) bond motifs is 1. The Morgan fingerprint density at radius 1 is 0.889 bits per heavy atom. The Balaban J connectivity index is 1.99. The first kappa shape index (κ1) is 16.9. The van der Waals surface area contributed by atoms with Crippen LogP contribution in [0.3, 0.4) is 0 Å². The Morgan fingerprint density at radius 3 is 2.26 bits per heavy atom. The SMILES string of the molecule is CCC(=O)c1ccc(-n2c(-c3ccccc3)nc3ccccc3c2=O)cc1. The molecule has 0 saturated carbocycles. The van der Waals surface area contributed by atoms with Crippen LogP contribution in [0, 0.1) is 0 Å². The van der Waals surface area contributed by atoms with Gasteiger partial charge < -0.3 is 0 Å². The van der Waals surface area contributed by atoms with Crippen LogP contribution in [-0.4, -0.2) is 15.3 Å². The van der Waals surface area contributed by atoms with Crippen LogP contribution < -0.4 is 5.56 Å². The minimum atomic E-state index is -0.131. The molecule has 0 aliphatic heterocycles. The average molecular weight is 354 g/mol. The van der Waals surface area contributed by atoms with Crippen molar-refractivity contribution in [2.75, 3.05) is 0 Å². The first-order valence-electron chi connectivity index (χ1n) is 8.90. The van der Waals surface area contributed by atoms with Crippen molar-refractivity contribution in [3.05, 3.63) is 94.8 Å². The predicted molar refractivity (Wildman–Crippen MR) is 107 cm³/mol. The molecule has 0 amide bonds. The van der Waals surface area contributed by atoms with E-state index in [9.17, 15) is 9.59 Å². The van der Waals surface area contributed by atoms with E-state index in [0.29, 0.717) is 34.4 Å². The maximum atomic E-state index is 13.3. The molecule has 0 bridgehead atoms. The smallest absolute Gasteiger partial charge is 0.266 e. The highest BCUT2D eigenvalue weighted by Crippen LogP contribution is 2.22. The summed E-state index contributed by atoms with van der Waals surface area (Å²) in [6, 6.07) is 24.1. The third kappa shape index (κ3) is 3.06. The third-order valence-electron chi connectivity index (χ3n) is 4.58. The first-order chi connectivity index (χ1) is 13.2. The van der Waals surface area contributed by atoms with Gasteiger partial charge in [-0.15, -0.1) is 0 Å². The van der Waals surface area contributed by atoms with Crippen LogP contribution in [0.4, 0.5) is 0 Å². The highest BCUT2D eigenvalue weighted by Gasteiger charge is 2.14. The molecule has 1 aromatic heterocycles. The summed E-state index contributed by atoms with van der Waals surface area (Å²) >= 11 is 0. The van der Waals surface area contributed by atoms with E-state index in [1.54, 1.807) is 34.9 Å². The van der Waals surface area contributed by atoms with Crippen LogP contribution in [0.15, 0.2) is 83.7 Å². The largest absolute Gasteiger partial charge is 0.294 e. The molecule has 0 unspecified atom stereocenters. The second-order valence-corrected chi connectivity index (χ2v) is 6.28. The summed E-state index contributed by atoms with van der Waals surface area (Å²) in [4.78, 5) is 29.9. The van der Waals surface area contributed by atoms with Gasteiger partial charge in [-0.3, -0.25) is 14.2 Å². The zero-order valence-corrected chi connectivity index (χ0v) is 14.9. The molecule has 0 atom stereocenters. The molecule has 27 heavy (non-hydrogen) atoms. The van der Waals surface area contributed by atoms with E-state index >= 15 is 0 Å². The van der Waals surface area contributed by atoms with Gasteiger partial charge in [0, 0.05) is 17.5 Å². The van der Waals surface area contributed by atoms with Crippen molar-refractivity contribution in [3.63, 3.8) is 0 Å². The topological polar surface area (TPSA) is 52.0 Å². The molecule has 0 saturated heterocycles. The van der Waals surface area contributed by atoms with E-state index in [2.05, 4.69) is 0 Å². The van der Waals surface area contributed by atoms with Gasteiger partial charge in [-0.1, -0.05) is 49.4 Å². The zero-order chi connectivity index (χ0) is 18.8. The van der Waals surface area contributed by atoms with E-state index in [4.69, 9.17) is 4.98 Å². The molecule has 0 aliphatic carbocycles. The van der Waals surface area contributed by atoms with Gasteiger partial charge in [-0.2, -0.15) is 0 Å². The summed E-state index contributed by atoms with van der Waals surface area (Å²) in [5.74, 6) is 0.655. The van der Waals surface area contributed by atoms with Crippen LogP contribution in [0.25, 0.3) is 28.0 Å². The van der Waals surface area contributed by atoms with Gasteiger partial charge in [-0.25, -0.2) is 4.98 Å². The Bertz CT molecular complexity index is 1180. The minimum absolute atomic E-state index is 0.0776. The van der Waals surface area contributed by atoms with Crippen LogP contribution in [0.1, 0.15) is 23.7 Å². The predicted octanol–water partition coefficient (Wildman–Crippen LogP) is 4.65. The molecule has 0 aliphatic rings. The molecule has 0 fully saturated rings. The number of Topliss-reactive ketones (excluding diaryl/α,β-unsaturated/α-hetero) is 1. The van der Waals surface area contributed by atoms with Gasteiger partial charge in [-0.05, 0) is 36.4 Å². The molecule has 4 rings (SSSR count). The summed E-state index contributed by atoms with van der Waals surface area (Å²) in [7, 11) is 0. The fraction of sp³-hybridized carbons (Fsp3) is 0.0870. The van der Waals surface area contributed by atoms with Crippen molar-refractivity contribution in [2.24, 2.45) is 0 Å². The number of ketones is 1. The number of carbonyl (C=O) groups excluding carboxylic acids is 1. The maximum Gasteiger partial charge on any atom is 0.266 e. The first-order valence-corrected chi connectivity index (χ1v) is 8.90. The van der Waals surface area contributed by atoms with Gasteiger partial charge in [0.15, 0.2) is 5.78 Å². The molecular formula is C23H18N2O2. The molecule has 4 aromatic rings. The van der Waals surface area contributed by atoms with Crippen LogP contribution in [0.2, 0.25) is 0 Å². The van der Waals surface area contributed by atoms with Crippen LogP contribution in [-0.2, 0) is 0 Å². The molecule has 1 heterocycles. The van der Waals surface area contributed by atoms with Gasteiger partial charge in [0.2, 0.25) is 0 Å². The van der Waals surface area contributed by atoms with Gasteiger partial charge in [0.05, 0.1) is 16.6 Å². The fourth-order valence-corrected chi connectivity index (χ4v) is 3.15. The summed E-state index contributed by atoms with van der Waals surface area (Å²) in [5, 5.41) is 0.561. The lowest BCUT2D eigenvalue weighted by Gasteiger charge is -2.14. The summed E-state index contributed by atoms with van der Waals surface area (Å²) in [6.45, 7) is 1.83. The third-order valence-corrected chi connectivity index (χ3v) is 4.58. The molecule has 4 heteroatoms. The molecule has 0 spiro atoms. The van der Waals surface area contributed by atoms with Gasteiger partial charge in [0.25, 0.3) is 5.56 Å². The lowest BCUT2D eigenvalue weighted by Crippen LogP contribution is -2.22. The number of carbonyl (C=O) groups is 1. The number of hydrogen-bond donors (Lipinski definition) is 0. The van der Waals surface area contributed by atoms with E-state index in [0.717, 1.165) is 5.56 Å². The lowest BCUT2D eigenvalue weighted by molar-refractivity contribution is 0.0988. The lowest BCUT2D eigenvalue weighted by atomic mass is 10.1. The van der Waals surface area contributed by atoms with E-state index in [-0.39, 0.29) is 11.3 Å². The Hall–Kier alpha value is -3.53. The van der Waals surface area contributed by atoms with E-state index in [1.807, 2.05) is 55.5 Å². The highest BCUT2D eigenvalue weighted by atomic mass is 16.1. The number of rotatable bonds is 4. The molecule has 4 nitrogen and oxygen atoms in total. The molecule has 0 radical (unpaired) electrons. The second kappa shape index (κ2) is 7.00. The summed E-state index contributed by atoms with van der Waals surface area (Å²) < 4.78 is 1.61. The number of para-hydroxylation sites is 1. The van der Waals surface area contributed by atoms with Crippen molar-refractivity contribution >= 4 is 16.7 Å². The molecule has 0 N–H and O–H groups in total. The van der Waals surface area contributed by atoms with Crippen molar-refractivity contribution in [2.45, 2.75) is 13.3 Å². The van der Waals surface area contributed by atoms with Crippen molar-refractivity contribution in [3.8, 4) is 17.1 Å². The summed E-state index contributed by atoms with van der Waals surface area (Å²) in [6.07, 6.45) is 0.450. The molecule has 132 valence electrons. The maximum absolute atomic E-state index is 13.3.